The van der Waals surface area contributed by atoms with E-state index < -0.39 is 12.7 Å². The Morgan fingerprint density at radius 2 is 1.12 bits per heavy atom. The molecule has 25 heavy (non-hydrogen) atoms. The standard InChI is InChI=1S/C22H18ClOP/c1-2-18-24-25(23)22(19-12-6-3-7-13-19,20-14-8-4-9-15-20)21-16-10-5-11-17-21/h1,3-17H,18H2. The molecule has 0 aliphatic heterocycles. The molecule has 1 unspecified atom stereocenters. The molecule has 0 aliphatic carbocycles. The fraction of sp³-hybridized carbons (Fsp3) is 0.0909. The normalized spacial score (nSPS) is 12.3. The van der Waals surface area contributed by atoms with Crippen LogP contribution in [0.4, 0.5) is 0 Å². The van der Waals surface area contributed by atoms with E-state index >= 15 is 0 Å². The Kier molecular flexibility index (Phi) is 5.90. The van der Waals surface area contributed by atoms with E-state index in [9.17, 15) is 0 Å². The minimum absolute atomic E-state index is 0.184. The highest BCUT2D eigenvalue weighted by Crippen LogP contribution is 2.66. The van der Waals surface area contributed by atoms with Crippen molar-refractivity contribution in [3.63, 3.8) is 0 Å². The molecule has 0 N–H and O–H groups in total. The second-order valence-corrected chi connectivity index (χ2v) is 7.87. The number of hydrogen-bond donors (Lipinski definition) is 0. The molecule has 0 saturated heterocycles. The zero-order valence-electron chi connectivity index (χ0n) is 13.7. The van der Waals surface area contributed by atoms with E-state index in [1.54, 1.807) is 0 Å². The molecule has 0 saturated carbocycles. The second kappa shape index (κ2) is 8.32. The first-order valence-corrected chi connectivity index (χ1v) is 10.2. The SMILES string of the molecule is C#CCOP(Cl)C(c1ccccc1)(c1ccccc1)c1ccccc1. The molecule has 3 rings (SSSR count). The summed E-state index contributed by atoms with van der Waals surface area (Å²) >= 11 is 6.93. The number of terminal acetylenes is 1. The van der Waals surface area contributed by atoms with Gasteiger partial charge in [-0.05, 0) is 16.7 Å². The van der Waals surface area contributed by atoms with Crippen LogP contribution in [-0.4, -0.2) is 6.61 Å². The predicted molar refractivity (Wildman–Crippen MR) is 107 cm³/mol. The van der Waals surface area contributed by atoms with Crippen LogP contribution in [0, 0.1) is 12.3 Å². The van der Waals surface area contributed by atoms with Crippen LogP contribution >= 0.6 is 18.7 Å². The van der Waals surface area contributed by atoms with Crippen molar-refractivity contribution in [2.45, 2.75) is 5.16 Å². The fourth-order valence-electron chi connectivity index (χ4n) is 3.03. The molecule has 0 aliphatic rings. The Balaban J connectivity index is 2.30. The van der Waals surface area contributed by atoms with Crippen LogP contribution in [0.1, 0.15) is 16.7 Å². The van der Waals surface area contributed by atoms with Gasteiger partial charge in [-0.1, -0.05) is 108 Å². The van der Waals surface area contributed by atoms with E-state index in [-0.39, 0.29) is 6.61 Å². The highest BCUT2D eigenvalue weighted by molar-refractivity contribution is 7.81. The van der Waals surface area contributed by atoms with Gasteiger partial charge in [0, 0.05) is 0 Å². The first kappa shape index (κ1) is 17.7. The molecule has 0 aromatic heterocycles. The average Bonchev–Trinajstić information content (AvgIpc) is 2.69. The lowest BCUT2D eigenvalue weighted by atomic mass is 9.84. The lowest BCUT2D eigenvalue weighted by molar-refractivity contribution is 0.410. The van der Waals surface area contributed by atoms with E-state index in [1.807, 2.05) is 54.6 Å². The predicted octanol–water partition coefficient (Wildman–Crippen LogP) is 6.18. The summed E-state index contributed by atoms with van der Waals surface area (Å²) in [5.74, 6) is 2.53. The molecule has 0 radical (unpaired) electrons. The second-order valence-electron chi connectivity index (χ2n) is 5.53. The van der Waals surface area contributed by atoms with Crippen molar-refractivity contribution in [1.82, 2.24) is 0 Å². The Morgan fingerprint density at radius 3 is 1.44 bits per heavy atom. The van der Waals surface area contributed by atoms with Gasteiger partial charge in [0.2, 0.25) is 0 Å². The van der Waals surface area contributed by atoms with Crippen molar-refractivity contribution in [1.29, 1.82) is 0 Å². The third kappa shape index (κ3) is 3.48. The third-order valence-electron chi connectivity index (χ3n) is 4.10. The summed E-state index contributed by atoms with van der Waals surface area (Å²) < 4.78 is 5.91. The largest absolute Gasteiger partial charge is 0.329 e. The minimum atomic E-state index is -1.43. The quantitative estimate of drug-likeness (QED) is 0.288. The number of benzene rings is 3. The van der Waals surface area contributed by atoms with Gasteiger partial charge in [0.25, 0.3) is 0 Å². The third-order valence-corrected chi connectivity index (χ3v) is 6.81. The van der Waals surface area contributed by atoms with Crippen molar-refractivity contribution in [3.8, 4) is 12.3 Å². The van der Waals surface area contributed by atoms with Crippen LogP contribution in [0.3, 0.4) is 0 Å². The number of rotatable bonds is 6. The molecule has 0 bridgehead atoms. The van der Waals surface area contributed by atoms with E-state index in [1.165, 1.54) is 0 Å². The minimum Gasteiger partial charge on any atom is -0.329 e. The molecule has 0 heterocycles. The van der Waals surface area contributed by atoms with Gasteiger partial charge in [-0.3, -0.25) is 0 Å². The summed E-state index contributed by atoms with van der Waals surface area (Å²) in [4.78, 5) is 0. The van der Waals surface area contributed by atoms with Gasteiger partial charge < -0.3 is 4.52 Å². The van der Waals surface area contributed by atoms with E-state index in [0.717, 1.165) is 16.7 Å². The summed E-state index contributed by atoms with van der Waals surface area (Å²) in [7, 11) is -1.43. The van der Waals surface area contributed by atoms with E-state index in [2.05, 4.69) is 42.3 Å². The Bertz CT molecular complexity index is 732. The molecule has 0 spiro atoms. The molecule has 1 atom stereocenters. The summed E-state index contributed by atoms with van der Waals surface area (Å²) in [5.41, 5.74) is 3.27. The Labute approximate surface area is 155 Å². The van der Waals surface area contributed by atoms with Crippen LogP contribution in [0.15, 0.2) is 91.0 Å². The summed E-state index contributed by atoms with van der Waals surface area (Å²) in [6.45, 7) is 0.184. The molecule has 3 aromatic rings. The first-order chi connectivity index (χ1) is 12.3. The van der Waals surface area contributed by atoms with Gasteiger partial charge >= 0.3 is 0 Å². The van der Waals surface area contributed by atoms with Gasteiger partial charge in [0.15, 0.2) is 0 Å². The topological polar surface area (TPSA) is 9.23 Å². The summed E-state index contributed by atoms with van der Waals surface area (Å²) in [6.07, 6.45) is 5.41. The molecule has 3 heteroatoms. The maximum atomic E-state index is 6.93. The van der Waals surface area contributed by atoms with Crippen LogP contribution in [0.5, 0.6) is 0 Å². The van der Waals surface area contributed by atoms with E-state index in [0.29, 0.717) is 0 Å². The van der Waals surface area contributed by atoms with Gasteiger partial charge in [0.1, 0.15) is 19.3 Å². The zero-order chi connectivity index (χ0) is 17.5. The van der Waals surface area contributed by atoms with Crippen LogP contribution in [0.25, 0.3) is 0 Å². The maximum absolute atomic E-state index is 6.93. The highest BCUT2D eigenvalue weighted by atomic mass is 35.7. The summed E-state index contributed by atoms with van der Waals surface area (Å²) in [6, 6.07) is 30.7. The first-order valence-electron chi connectivity index (χ1n) is 7.99. The van der Waals surface area contributed by atoms with Crippen molar-refractivity contribution in [3.05, 3.63) is 108 Å². The Morgan fingerprint density at radius 1 is 0.760 bits per heavy atom. The van der Waals surface area contributed by atoms with Gasteiger partial charge in [0.05, 0.1) is 0 Å². The average molecular weight is 365 g/mol. The van der Waals surface area contributed by atoms with E-state index in [4.69, 9.17) is 22.2 Å². The molecule has 3 aromatic carbocycles. The monoisotopic (exact) mass is 364 g/mol. The lowest BCUT2D eigenvalue weighted by Gasteiger charge is -2.38. The molecule has 0 amide bonds. The molecule has 0 fully saturated rings. The van der Waals surface area contributed by atoms with Gasteiger partial charge in [-0.15, -0.1) is 6.42 Å². The van der Waals surface area contributed by atoms with Gasteiger partial charge in [-0.2, -0.15) is 0 Å². The zero-order valence-corrected chi connectivity index (χ0v) is 15.3. The summed E-state index contributed by atoms with van der Waals surface area (Å²) in [5, 5.41) is -0.600. The number of halogens is 1. The fourth-order valence-corrected chi connectivity index (χ4v) is 5.50. The molecular weight excluding hydrogens is 347 g/mol. The molecule has 1 nitrogen and oxygen atoms in total. The van der Waals surface area contributed by atoms with Crippen molar-refractivity contribution in [2.75, 3.05) is 6.61 Å². The smallest absolute Gasteiger partial charge is 0.145 e. The lowest BCUT2D eigenvalue weighted by Crippen LogP contribution is -2.27. The van der Waals surface area contributed by atoms with Gasteiger partial charge in [-0.25, -0.2) is 0 Å². The van der Waals surface area contributed by atoms with Crippen molar-refractivity contribution >= 4 is 18.7 Å². The van der Waals surface area contributed by atoms with Crippen LogP contribution < -0.4 is 0 Å². The Hall–Kier alpha value is -2.10. The maximum Gasteiger partial charge on any atom is 0.145 e. The number of hydrogen-bond acceptors (Lipinski definition) is 1. The highest BCUT2D eigenvalue weighted by Gasteiger charge is 2.44. The molecule has 124 valence electrons. The van der Waals surface area contributed by atoms with Crippen LogP contribution in [0.2, 0.25) is 0 Å². The molecular formula is C22H18ClOP. The van der Waals surface area contributed by atoms with Crippen molar-refractivity contribution < 1.29 is 4.52 Å². The van der Waals surface area contributed by atoms with Crippen molar-refractivity contribution in [2.24, 2.45) is 0 Å². The van der Waals surface area contributed by atoms with Crippen LogP contribution in [-0.2, 0) is 9.68 Å².